The van der Waals surface area contributed by atoms with Gasteiger partial charge in [-0.3, -0.25) is 9.10 Å². The van der Waals surface area contributed by atoms with Gasteiger partial charge in [-0.25, -0.2) is 8.42 Å². The average molecular weight is 478 g/mol. The molecule has 0 aliphatic heterocycles. The van der Waals surface area contributed by atoms with Gasteiger partial charge in [-0.1, -0.05) is 42.5 Å². The molecule has 0 fully saturated rings. The molecule has 0 saturated carbocycles. The van der Waals surface area contributed by atoms with E-state index in [0.29, 0.717) is 16.1 Å². The fourth-order valence-corrected chi connectivity index (χ4v) is 4.37. The van der Waals surface area contributed by atoms with E-state index in [1.165, 1.54) is 30.3 Å². The Morgan fingerprint density at radius 1 is 0.909 bits per heavy atom. The van der Waals surface area contributed by atoms with Gasteiger partial charge < -0.3 is 10.1 Å². The van der Waals surface area contributed by atoms with Crippen LogP contribution in [-0.4, -0.2) is 34.0 Å². The summed E-state index contributed by atoms with van der Waals surface area (Å²) in [6.45, 7) is -0.496. The fraction of sp³-hybridized carbons (Fsp3) is 0.174. The molecule has 0 radical (unpaired) electrons. The van der Waals surface area contributed by atoms with Crippen LogP contribution in [0.15, 0.2) is 89.8 Å². The van der Waals surface area contributed by atoms with Crippen LogP contribution in [-0.2, 0) is 21.0 Å². The molecular formula is C23H21F3N2O4S. The molecule has 0 unspecified atom stereocenters. The number of carbonyl (C=O) groups is 1. The number of rotatable bonds is 9. The van der Waals surface area contributed by atoms with Gasteiger partial charge in [-0.2, -0.15) is 13.2 Å². The van der Waals surface area contributed by atoms with Crippen LogP contribution < -0.4 is 14.4 Å². The van der Waals surface area contributed by atoms with Gasteiger partial charge in [0.15, 0.2) is 0 Å². The molecule has 0 atom stereocenters. The highest BCUT2D eigenvalue weighted by Gasteiger charge is 2.33. The maximum Gasteiger partial charge on any atom is 0.416 e. The number of halogens is 3. The summed E-state index contributed by atoms with van der Waals surface area (Å²) in [5, 5.41) is 2.53. The number of nitrogens with zero attached hydrogens (tertiary/aromatic N) is 1. The van der Waals surface area contributed by atoms with E-state index in [1.807, 2.05) is 6.07 Å². The van der Waals surface area contributed by atoms with Crippen LogP contribution in [0.1, 0.15) is 5.56 Å². The van der Waals surface area contributed by atoms with Gasteiger partial charge in [0, 0.05) is 0 Å². The summed E-state index contributed by atoms with van der Waals surface area (Å²) in [4.78, 5) is 12.4. The van der Waals surface area contributed by atoms with Crippen molar-refractivity contribution in [1.82, 2.24) is 5.32 Å². The molecule has 0 aliphatic carbocycles. The second-order valence-corrected chi connectivity index (χ2v) is 8.75. The van der Waals surface area contributed by atoms with Gasteiger partial charge in [0.2, 0.25) is 5.91 Å². The van der Waals surface area contributed by atoms with Crippen molar-refractivity contribution >= 4 is 21.6 Å². The van der Waals surface area contributed by atoms with Crippen LogP contribution in [0.4, 0.5) is 18.9 Å². The lowest BCUT2D eigenvalue weighted by molar-refractivity contribution is -0.137. The number of alkyl halides is 3. The molecule has 33 heavy (non-hydrogen) atoms. The molecule has 1 amide bonds. The lowest BCUT2D eigenvalue weighted by Gasteiger charge is -2.25. The molecular weight excluding hydrogens is 457 g/mol. The van der Waals surface area contributed by atoms with Crippen molar-refractivity contribution < 1.29 is 31.1 Å². The molecule has 3 aromatic rings. The van der Waals surface area contributed by atoms with Crippen LogP contribution in [0.5, 0.6) is 5.75 Å². The number of para-hydroxylation sites is 1. The highest BCUT2D eigenvalue weighted by atomic mass is 32.2. The quantitative estimate of drug-likeness (QED) is 0.470. The number of sulfonamides is 1. The first-order valence-electron chi connectivity index (χ1n) is 9.87. The van der Waals surface area contributed by atoms with Crippen molar-refractivity contribution in [2.45, 2.75) is 11.1 Å². The summed E-state index contributed by atoms with van der Waals surface area (Å²) in [5.74, 6) is -0.0902. The third-order valence-electron chi connectivity index (χ3n) is 4.52. The first-order chi connectivity index (χ1) is 15.7. The Labute approximate surface area is 189 Å². The Balaban J connectivity index is 1.78. The van der Waals surface area contributed by atoms with Crippen molar-refractivity contribution in [1.29, 1.82) is 0 Å². The predicted molar refractivity (Wildman–Crippen MR) is 117 cm³/mol. The van der Waals surface area contributed by atoms with Crippen LogP contribution >= 0.6 is 0 Å². The minimum absolute atomic E-state index is 0.0789. The Morgan fingerprint density at radius 2 is 1.55 bits per heavy atom. The minimum atomic E-state index is -4.67. The maximum absolute atomic E-state index is 13.2. The number of hydrogen-bond acceptors (Lipinski definition) is 4. The zero-order chi connectivity index (χ0) is 23.9. The smallest absolute Gasteiger partial charge is 0.416 e. The number of benzene rings is 3. The van der Waals surface area contributed by atoms with Crippen molar-refractivity contribution in [3.63, 3.8) is 0 Å². The van der Waals surface area contributed by atoms with Crippen LogP contribution in [0.3, 0.4) is 0 Å². The molecule has 6 nitrogen and oxygen atoms in total. The fourth-order valence-electron chi connectivity index (χ4n) is 2.93. The van der Waals surface area contributed by atoms with Crippen molar-refractivity contribution in [3.8, 4) is 5.75 Å². The third-order valence-corrected chi connectivity index (χ3v) is 6.30. The van der Waals surface area contributed by atoms with E-state index in [0.717, 1.165) is 12.1 Å². The molecule has 10 heteroatoms. The van der Waals surface area contributed by atoms with Gasteiger partial charge in [0.25, 0.3) is 10.0 Å². The zero-order valence-electron chi connectivity index (χ0n) is 17.3. The Kier molecular flexibility index (Phi) is 7.59. The van der Waals surface area contributed by atoms with E-state index in [1.54, 1.807) is 30.3 Å². The predicted octanol–water partition coefficient (Wildman–Crippen LogP) is 4.10. The molecule has 0 bridgehead atoms. The lowest BCUT2D eigenvalue weighted by atomic mass is 10.2. The highest BCUT2D eigenvalue weighted by Crippen LogP contribution is 2.33. The molecule has 0 heterocycles. The standard InChI is InChI=1S/C23H21F3N2O4S/c24-23(25,26)18-8-7-9-19(16-18)28(33(30,31)21-12-5-2-6-13-21)17-22(29)27-14-15-32-20-10-3-1-4-11-20/h1-13,16H,14-15,17H2,(H,27,29). The SMILES string of the molecule is O=C(CN(c1cccc(C(F)(F)F)c1)S(=O)(=O)c1ccccc1)NCCOc1ccccc1. The molecule has 1 N–H and O–H groups in total. The van der Waals surface area contributed by atoms with E-state index >= 15 is 0 Å². The third kappa shape index (κ3) is 6.48. The first kappa shape index (κ1) is 24.1. The van der Waals surface area contributed by atoms with Crippen LogP contribution in [0.25, 0.3) is 0 Å². The Hall–Kier alpha value is -3.53. The Morgan fingerprint density at radius 3 is 2.18 bits per heavy atom. The zero-order valence-corrected chi connectivity index (χ0v) is 18.1. The molecule has 0 saturated heterocycles. The van der Waals surface area contributed by atoms with Gasteiger partial charge in [-0.15, -0.1) is 0 Å². The topological polar surface area (TPSA) is 75.7 Å². The summed E-state index contributed by atoms with van der Waals surface area (Å²) < 4.78 is 72.1. The first-order valence-corrected chi connectivity index (χ1v) is 11.3. The number of anilines is 1. The summed E-state index contributed by atoms with van der Waals surface area (Å²) >= 11 is 0. The van der Waals surface area contributed by atoms with E-state index in [2.05, 4.69) is 5.32 Å². The molecule has 0 aromatic heterocycles. The van der Waals surface area contributed by atoms with E-state index in [9.17, 15) is 26.4 Å². The highest BCUT2D eigenvalue weighted by molar-refractivity contribution is 7.92. The second kappa shape index (κ2) is 10.4. The molecule has 0 aliphatic rings. The Bertz CT molecular complexity index is 1170. The number of amides is 1. The molecule has 3 aromatic carbocycles. The number of hydrogen-bond donors (Lipinski definition) is 1. The minimum Gasteiger partial charge on any atom is -0.492 e. The number of carbonyl (C=O) groups excluding carboxylic acids is 1. The van der Waals surface area contributed by atoms with Gasteiger partial charge in [-0.05, 0) is 42.5 Å². The van der Waals surface area contributed by atoms with E-state index < -0.39 is 34.2 Å². The van der Waals surface area contributed by atoms with Gasteiger partial charge in [0.05, 0.1) is 22.7 Å². The summed E-state index contributed by atoms with van der Waals surface area (Å²) in [6, 6.07) is 19.9. The van der Waals surface area contributed by atoms with Gasteiger partial charge in [0.1, 0.15) is 18.9 Å². The average Bonchev–Trinajstić information content (AvgIpc) is 2.81. The normalized spacial score (nSPS) is 11.6. The second-order valence-electron chi connectivity index (χ2n) is 6.88. The monoisotopic (exact) mass is 478 g/mol. The maximum atomic E-state index is 13.2. The lowest BCUT2D eigenvalue weighted by Crippen LogP contribution is -2.42. The molecule has 0 spiro atoms. The summed E-state index contributed by atoms with van der Waals surface area (Å²) in [6.07, 6.45) is -4.67. The van der Waals surface area contributed by atoms with Crippen molar-refractivity contribution in [2.75, 3.05) is 24.0 Å². The van der Waals surface area contributed by atoms with E-state index in [4.69, 9.17) is 4.74 Å². The van der Waals surface area contributed by atoms with E-state index in [-0.39, 0.29) is 23.7 Å². The summed E-state index contributed by atoms with van der Waals surface area (Å²) in [5.41, 5.74) is -1.30. The van der Waals surface area contributed by atoms with Gasteiger partial charge >= 0.3 is 6.18 Å². The number of nitrogens with one attached hydrogen (secondary N) is 1. The summed E-state index contributed by atoms with van der Waals surface area (Å²) in [7, 11) is -4.31. The molecule has 174 valence electrons. The number of ether oxygens (including phenoxy) is 1. The largest absolute Gasteiger partial charge is 0.492 e. The van der Waals surface area contributed by atoms with Crippen molar-refractivity contribution in [3.05, 3.63) is 90.5 Å². The molecule has 3 rings (SSSR count). The van der Waals surface area contributed by atoms with Crippen LogP contribution in [0, 0.1) is 0 Å². The van der Waals surface area contributed by atoms with Crippen molar-refractivity contribution in [2.24, 2.45) is 0 Å². The van der Waals surface area contributed by atoms with Crippen LogP contribution in [0.2, 0.25) is 0 Å².